The van der Waals surface area contributed by atoms with Gasteiger partial charge in [0.1, 0.15) is 5.75 Å². The average Bonchev–Trinajstić information content (AvgIpc) is 3.09. The summed E-state index contributed by atoms with van der Waals surface area (Å²) in [5.41, 5.74) is 0. The summed E-state index contributed by atoms with van der Waals surface area (Å²) in [6, 6.07) is 7.09. The lowest BCUT2D eigenvalue weighted by Gasteiger charge is -1.97. The lowest BCUT2D eigenvalue weighted by molar-refractivity contribution is 0.385. The van der Waals surface area contributed by atoms with Gasteiger partial charge in [0.15, 0.2) is 5.82 Å². The summed E-state index contributed by atoms with van der Waals surface area (Å²) >= 11 is 1.62. The molecule has 1 aromatic heterocycles. The fourth-order valence-corrected chi connectivity index (χ4v) is 2.26. The first-order valence-electron chi connectivity index (χ1n) is 5.55. The Morgan fingerprint density at radius 3 is 2.76 bits per heavy atom. The van der Waals surface area contributed by atoms with Gasteiger partial charge in [-0.25, -0.2) is 0 Å². The summed E-state index contributed by atoms with van der Waals surface area (Å²) in [4.78, 5) is 5.43. The van der Waals surface area contributed by atoms with Crippen molar-refractivity contribution in [2.24, 2.45) is 0 Å². The predicted octanol–water partition coefficient (Wildman–Crippen LogP) is 2.94. The largest absolute Gasteiger partial charge is 0.508 e. The van der Waals surface area contributed by atoms with E-state index in [2.05, 4.69) is 10.1 Å². The molecule has 2 aromatic rings. The lowest BCUT2D eigenvalue weighted by Crippen LogP contribution is -1.84. The zero-order valence-corrected chi connectivity index (χ0v) is 9.98. The van der Waals surface area contributed by atoms with Crippen LogP contribution in [0.4, 0.5) is 0 Å². The SMILES string of the molecule is Oc1ccc(SCc2nc(C3CC3)no2)cc1. The van der Waals surface area contributed by atoms with Crippen molar-refractivity contribution >= 4 is 11.8 Å². The van der Waals surface area contributed by atoms with Crippen LogP contribution in [0.3, 0.4) is 0 Å². The molecule has 3 rings (SSSR count). The van der Waals surface area contributed by atoms with Crippen molar-refractivity contribution in [2.45, 2.75) is 29.4 Å². The number of thioether (sulfide) groups is 1. The van der Waals surface area contributed by atoms with Gasteiger partial charge in [-0.2, -0.15) is 4.98 Å². The Labute approximate surface area is 103 Å². The van der Waals surface area contributed by atoms with Crippen molar-refractivity contribution in [1.82, 2.24) is 10.1 Å². The van der Waals surface area contributed by atoms with Crippen molar-refractivity contribution in [2.75, 3.05) is 0 Å². The van der Waals surface area contributed by atoms with Crippen molar-refractivity contribution in [3.8, 4) is 5.75 Å². The van der Waals surface area contributed by atoms with Crippen molar-refractivity contribution in [3.63, 3.8) is 0 Å². The molecule has 0 spiro atoms. The number of rotatable bonds is 4. The van der Waals surface area contributed by atoms with Gasteiger partial charge in [0.25, 0.3) is 0 Å². The third-order valence-corrected chi connectivity index (χ3v) is 3.62. The minimum atomic E-state index is 0.281. The molecule has 88 valence electrons. The number of hydrogen-bond donors (Lipinski definition) is 1. The summed E-state index contributed by atoms with van der Waals surface area (Å²) in [5, 5.41) is 13.1. The second kappa shape index (κ2) is 4.41. The summed E-state index contributed by atoms with van der Waals surface area (Å²) in [6.45, 7) is 0. The maximum Gasteiger partial charge on any atom is 0.237 e. The van der Waals surface area contributed by atoms with Crippen LogP contribution in [0.15, 0.2) is 33.7 Å². The highest BCUT2D eigenvalue weighted by molar-refractivity contribution is 7.98. The molecule has 0 bridgehead atoms. The Balaban J connectivity index is 1.60. The number of benzene rings is 1. The molecule has 0 atom stereocenters. The normalized spacial score (nSPS) is 15.1. The van der Waals surface area contributed by atoms with Gasteiger partial charge in [-0.1, -0.05) is 5.16 Å². The molecule has 17 heavy (non-hydrogen) atoms. The molecular weight excluding hydrogens is 236 g/mol. The fourth-order valence-electron chi connectivity index (χ4n) is 1.52. The standard InChI is InChI=1S/C12H12N2O2S/c15-9-3-5-10(6-4-9)17-7-11-13-12(14-16-11)8-1-2-8/h3-6,8,15H,1-2,7H2. The molecule has 1 aromatic carbocycles. The fraction of sp³-hybridized carbons (Fsp3) is 0.333. The van der Waals surface area contributed by atoms with E-state index < -0.39 is 0 Å². The molecule has 1 N–H and O–H groups in total. The van der Waals surface area contributed by atoms with Gasteiger partial charge in [0, 0.05) is 10.8 Å². The zero-order chi connectivity index (χ0) is 11.7. The smallest absolute Gasteiger partial charge is 0.237 e. The molecule has 0 aliphatic heterocycles. The number of phenolic OH excluding ortho intramolecular Hbond substituents is 1. The van der Waals surface area contributed by atoms with Crippen molar-refractivity contribution in [3.05, 3.63) is 36.0 Å². The predicted molar refractivity (Wildman–Crippen MR) is 63.9 cm³/mol. The van der Waals surface area contributed by atoms with E-state index >= 15 is 0 Å². The number of aromatic nitrogens is 2. The first-order chi connectivity index (χ1) is 8.31. The zero-order valence-electron chi connectivity index (χ0n) is 9.17. The molecule has 0 unspecified atom stereocenters. The molecule has 5 heteroatoms. The van der Waals surface area contributed by atoms with Crippen molar-refractivity contribution in [1.29, 1.82) is 0 Å². The summed E-state index contributed by atoms with van der Waals surface area (Å²) < 4.78 is 5.18. The van der Waals surface area contributed by atoms with E-state index in [9.17, 15) is 0 Å². The number of phenols is 1. The molecule has 1 heterocycles. The summed E-state index contributed by atoms with van der Waals surface area (Å²) in [5.74, 6) is 3.01. The van der Waals surface area contributed by atoms with Gasteiger partial charge >= 0.3 is 0 Å². The first-order valence-corrected chi connectivity index (χ1v) is 6.54. The van der Waals surface area contributed by atoms with Crippen LogP contribution in [0.5, 0.6) is 5.75 Å². The van der Waals surface area contributed by atoms with Gasteiger partial charge in [-0.05, 0) is 37.1 Å². The number of aromatic hydroxyl groups is 1. The highest BCUT2D eigenvalue weighted by atomic mass is 32.2. The maximum atomic E-state index is 9.16. The molecule has 0 radical (unpaired) electrons. The van der Waals surface area contributed by atoms with Gasteiger partial charge in [0.2, 0.25) is 5.89 Å². The minimum Gasteiger partial charge on any atom is -0.508 e. The van der Waals surface area contributed by atoms with E-state index in [1.807, 2.05) is 12.1 Å². The minimum absolute atomic E-state index is 0.281. The number of hydrogen-bond acceptors (Lipinski definition) is 5. The molecule has 1 saturated carbocycles. The van der Waals surface area contributed by atoms with E-state index in [4.69, 9.17) is 9.63 Å². The Hall–Kier alpha value is -1.49. The molecule has 1 aliphatic carbocycles. The topological polar surface area (TPSA) is 59.2 Å². The van der Waals surface area contributed by atoms with E-state index in [1.165, 1.54) is 12.8 Å². The summed E-state index contributed by atoms with van der Waals surface area (Å²) in [7, 11) is 0. The van der Waals surface area contributed by atoms with Gasteiger partial charge in [-0.15, -0.1) is 11.8 Å². The van der Waals surface area contributed by atoms with Crippen LogP contribution in [-0.2, 0) is 5.75 Å². The quantitative estimate of drug-likeness (QED) is 0.843. The summed E-state index contributed by atoms with van der Waals surface area (Å²) in [6.07, 6.45) is 2.37. The van der Waals surface area contributed by atoms with E-state index in [-0.39, 0.29) is 5.75 Å². The second-order valence-electron chi connectivity index (χ2n) is 4.10. The second-order valence-corrected chi connectivity index (χ2v) is 5.15. The van der Waals surface area contributed by atoms with Crippen LogP contribution >= 0.6 is 11.8 Å². The molecule has 1 aliphatic rings. The third kappa shape index (κ3) is 2.61. The monoisotopic (exact) mass is 248 g/mol. The highest BCUT2D eigenvalue weighted by Gasteiger charge is 2.28. The van der Waals surface area contributed by atoms with Crippen LogP contribution in [0.25, 0.3) is 0 Å². The molecular formula is C12H12N2O2S. The Bertz CT molecular complexity index is 505. The average molecular weight is 248 g/mol. The lowest BCUT2D eigenvalue weighted by atomic mass is 10.3. The molecule has 0 saturated heterocycles. The van der Waals surface area contributed by atoms with Gasteiger partial charge in [0.05, 0.1) is 5.75 Å². The van der Waals surface area contributed by atoms with E-state index in [0.29, 0.717) is 17.6 Å². The Morgan fingerprint density at radius 1 is 1.29 bits per heavy atom. The molecule has 4 nitrogen and oxygen atoms in total. The van der Waals surface area contributed by atoms with E-state index in [1.54, 1.807) is 23.9 Å². The van der Waals surface area contributed by atoms with E-state index in [0.717, 1.165) is 10.7 Å². The van der Waals surface area contributed by atoms with Crippen LogP contribution in [0.2, 0.25) is 0 Å². The maximum absolute atomic E-state index is 9.16. The van der Waals surface area contributed by atoms with Gasteiger partial charge in [-0.3, -0.25) is 0 Å². The van der Waals surface area contributed by atoms with Gasteiger partial charge < -0.3 is 9.63 Å². The highest BCUT2D eigenvalue weighted by Crippen LogP contribution is 2.38. The third-order valence-electron chi connectivity index (χ3n) is 2.63. The van der Waals surface area contributed by atoms with Crippen molar-refractivity contribution < 1.29 is 9.63 Å². The van der Waals surface area contributed by atoms with Crippen LogP contribution in [-0.4, -0.2) is 15.2 Å². The van der Waals surface area contributed by atoms with Crippen LogP contribution in [0.1, 0.15) is 30.5 Å². The Kier molecular flexibility index (Phi) is 2.76. The molecule has 0 amide bonds. The van der Waals surface area contributed by atoms with Crippen LogP contribution < -0.4 is 0 Å². The molecule has 1 fully saturated rings. The first kappa shape index (κ1) is 10.7. The Morgan fingerprint density at radius 2 is 2.06 bits per heavy atom. The van der Waals surface area contributed by atoms with Crippen LogP contribution in [0, 0.1) is 0 Å². The number of nitrogens with zero attached hydrogens (tertiary/aromatic N) is 2.